The van der Waals surface area contributed by atoms with Crippen molar-refractivity contribution in [1.82, 2.24) is 15.3 Å². The van der Waals surface area contributed by atoms with E-state index in [0.717, 1.165) is 23.3 Å². The Bertz CT molecular complexity index is 1020. The van der Waals surface area contributed by atoms with Gasteiger partial charge in [0.1, 0.15) is 5.03 Å². The van der Waals surface area contributed by atoms with Gasteiger partial charge in [0.05, 0.1) is 11.3 Å². The molecule has 156 valence electrons. The molecule has 0 aliphatic heterocycles. The van der Waals surface area contributed by atoms with Crippen molar-refractivity contribution in [3.63, 3.8) is 0 Å². The Morgan fingerprint density at radius 1 is 1.00 bits per heavy atom. The molecule has 4 nitrogen and oxygen atoms in total. The third-order valence-corrected chi connectivity index (χ3v) is 5.17. The number of nitrogens with one attached hydrogen (secondary N) is 1. The van der Waals surface area contributed by atoms with Gasteiger partial charge in [-0.15, -0.1) is 0 Å². The summed E-state index contributed by atoms with van der Waals surface area (Å²) in [7, 11) is 0. The number of thioether (sulfide) groups is 1. The second-order valence-electron chi connectivity index (χ2n) is 6.80. The van der Waals surface area contributed by atoms with Gasteiger partial charge < -0.3 is 5.32 Å². The number of amides is 1. The second kappa shape index (κ2) is 9.30. The van der Waals surface area contributed by atoms with Gasteiger partial charge in [0, 0.05) is 17.8 Å². The van der Waals surface area contributed by atoms with Crippen LogP contribution in [0.25, 0.3) is 11.4 Å². The van der Waals surface area contributed by atoms with Gasteiger partial charge in [0.15, 0.2) is 5.82 Å². The van der Waals surface area contributed by atoms with E-state index in [0.29, 0.717) is 28.7 Å². The predicted octanol–water partition coefficient (Wildman–Crippen LogP) is 5.19. The van der Waals surface area contributed by atoms with Crippen LogP contribution in [0.3, 0.4) is 0 Å². The van der Waals surface area contributed by atoms with Crippen molar-refractivity contribution in [2.24, 2.45) is 0 Å². The highest BCUT2D eigenvalue weighted by molar-refractivity contribution is 7.99. The Hall–Kier alpha value is -2.87. The molecular formula is C22H20F3N3OS. The van der Waals surface area contributed by atoms with E-state index in [9.17, 15) is 18.0 Å². The summed E-state index contributed by atoms with van der Waals surface area (Å²) in [4.78, 5) is 20.8. The van der Waals surface area contributed by atoms with Gasteiger partial charge in [-0.2, -0.15) is 13.2 Å². The first-order valence-electron chi connectivity index (χ1n) is 9.19. The number of hydrogen-bond donors (Lipinski definition) is 1. The highest BCUT2D eigenvalue weighted by Crippen LogP contribution is 2.30. The van der Waals surface area contributed by atoms with E-state index in [1.807, 2.05) is 31.2 Å². The lowest BCUT2D eigenvalue weighted by molar-refractivity contribution is -0.137. The van der Waals surface area contributed by atoms with Gasteiger partial charge in [-0.25, -0.2) is 9.97 Å². The van der Waals surface area contributed by atoms with Crippen LogP contribution < -0.4 is 5.32 Å². The topological polar surface area (TPSA) is 54.9 Å². The van der Waals surface area contributed by atoms with Crippen molar-refractivity contribution in [1.29, 1.82) is 0 Å². The van der Waals surface area contributed by atoms with Crippen LogP contribution in [-0.4, -0.2) is 21.6 Å². The predicted molar refractivity (Wildman–Crippen MR) is 111 cm³/mol. The molecule has 8 heteroatoms. The number of benzene rings is 2. The number of rotatable bonds is 6. The fourth-order valence-corrected chi connectivity index (χ4v) is 3.43. The molecule has 1 heterocycles. The monoisotopic (exact) mass is 431 g/mol. The molecule has 1 amide bonds. The van der Waals surface area contributed by atoms with Crippen LogP contribution >= 0.6 is 11.8 Å². The fourth-order valence-electron chi connectivity index (χ4n) is 2.65. The zero-order valence-electron chi connectivity index (χ0n) is 16.5. The van der Waals surface area contributed by atoms with Crippen molar-refractivity contribution in [2.75, 3.05) is 5.75 Å². The molecule has 0 fully saturated rings. The normalized spacial score (nSPS) is 11.4. The average Bonchev–Trinajstić information content (AvgIpc) is 2.71. The quantitative estimate of drug-likeness (QED) is 0.431. The molecule has 0 atom stereocenters. The van der Waals surface area contributed by atoms with Crippen LogP contribution in [0.2, 0.25) is 0 Å². The number of aromatic nitrogens is 2. The molecule has 0 saturated heterocycles. The van der Waals surface area contributed by atoms with E-state index in [2.05, 4.69) is 15.3 Å². The van der Waals surface area contributed by atoms with Gasteiger partial charge in [-0.05, 0) is 37.6 Å². The minimum Gasteiger partial charge on any atom is -0.351 e. The maximum Gasteiger partial charge on any atom is 0.416 e. The lowest BCUT2D eigenvalue weighted by Gasteiger charge is -2.09. The van der Waals surface area contributed by atoms with E-state index < -0.39 is 11.7 Å². The molecule has 0 bridgehead atoms. The minimum atomic E-state index is -4.39. The second-order valence-corrected chi connectivity index (χ2v) is 7.79. The van der Waals surface area contributed by atoms with Gasteiger partial charge >= 0.3 is 6.18 Å². The van der Waals surface area contributed by atoms with Crippen LogP contribution in [0.5, 0.6) is 0 Å². The average molecular weight is 431 g/mol. The van der Waals surface area contributed by atoms with Crippen LogP contribution in [0, 0.1) is 13.8 Å². The number of hydrogen-bond acceptors (Lipinski definition) is 4. The Kier molecular flexibility index (Phi) is 6.77. The number of aryl methyl sites for hydroxylation is 2. The number of alkyl halides is 3. The van der Waals surface area contributed by atoms with Gasteiger partial charge in [0.25, 0.3) is 0 Å². The largest absolute Gasteiger partial charge is 0.416 e. The third-order valence-electron chi connectivity index (χ3n) is 4.26. The molecule has 3 aromatic rings. The van der Waals surface area contributed by atoms with Gasteiger partial charge in [-0.3, -0.25) is 4.79 Å². The minimum absolute atomic E-state index is 0.132. The van der Waals surface area contributed by atoms with E-state index in [1.54, 1.807) is 13.0 Å². The Balaban J connectivity index is 1.62. The number of carbonyl (C=O) groups is 1. The summed E-state index contributed by atoms with van der Waals surface area (Å²) >= 11 is 1.25. The third kappa shape index (κ3) is 6.06. The molecule has 0 spiro atoms. The SMILES string of the molecule is Cc1ccc(CNC(=O)CSc2cc(C)nc(-c3ccc(C(F)(F)F)cc3)n2)cc1. The van der Waals surface area contributed by atoms with E-state index >= 15 is 0 Å². The summed E-state index contributed by atoms with van der Waals surface area (Å²) in [5.41, 5.74) is 2.60. The van der Waals surface area contributed by atoms with Crippen LogP contribution in [0.1, 0.15) is 22.4 Å². The van der Waals surface area contributed by atoms with Crippen LogP contribution in [-0.2, 0) is 17.5 Å². The summed E-state index contributed by atoms with van der Waals surface area (Å²) < 4.78 is 38.2. The first kappa shape index (κ1) is 21.8. The molecule has 0 aliphatic carbocycles. The van der Waals surface area contributed by atoms with Crippen LogP contribution in [0.15, 0.2) is 59.6 Å². The summed E-state index contributed by atoms with van der Waals surface area (Å²) in [5.74, 6) is 0.369. The highest BCUT2D eigenvalue weighted by atomic mass is 32.2. The fraction of sp³-hybridized carbons (Fsp3) is 0.227. The molecule has 0 radical (unpaired) electrons. The molecule has 2 aromatic carbocycles. The summed E-state index contributed by atoms with van der Waals surface area (Å²) in [6, 6.07) is 14.4. The lowest BCUT2D eigenvalue weighted by atomic mass is 10.1. The van der Waals surface area contributed by atoms with E-state index in [1.165, 1.54) is 23.9 Å². The van der Waals surface area contributed by atoms with E-state index in [-0.39, 0.29) is 11.7 Å². The summed E-state index contributed by atoms with van der Waals surface area (Å²) in [6.45, 7) is 4.22. The first-order valence-corrected chi connectivity index (χ1v) is 10.2. The number of carbonyl (C=O) groups excluding carboxylic acids is 1. The Morgan fingerprint density at radius 3 is 2.30 bits per heavy atom. The molecule has 1 aromatic heterocycles. The van der Waals surface area contributed by atoms with E-state index in [4.69, 9.17) is 0 Å². The maximum absolute atomic E-state index is 12.7. The summed E-state index contributed by atoms with van der Waals surface area (Å²) in [5, 5.41) is 3.45. The van der Waals surface area contributed by atoms with Gasteiger partial charge in [0.2, 0.25) is 5.91 Å². The van der Waals surface area contributed by atoms with Gasteiger partial charge in [-0.1, -0.05) is 53.7 Å². The van der Waals surface area contributed by atoms with Crippen LogP contribution in [0.4, 0.5) is 13.2 Å². The standard InChI is InChI=1S/C22H20F3N3OS/c1-14-3-5-16(6-4-14)12-26-19(29)13-30-20-11-15(2)27-21(28-20)17-7-9-18(10-8-17)22(23,24)25/h3-11H,12-13H2,1-2H3,(H,26,29). The molecular weight excluding hydrogens is 411 g/mol. The molecule has 30 heavy (non-hydrogen) atoms. The zero-order chi connectivity index (χ0) is 21.7. The molecule has 0 unspecified atom stereocenters. The maximum atomic E-state index is 12.7. The lowest BCUT2D eigenvalue weighted by Crippen LogP contribution is -2.24. The zero-order valence-corrected chi connectivity index (χ0v) is 17.3. The van der Waals surface area contributed by atoms with Crippen molar-refractivity contribution in [3.8, 4) is 11.4 Å². The number of nitrogens with zero attached hydrogens (tertiary/aromatic N) is 2. The highest BCUT2D eigenvalue weighted by Gasteiger charge is 2.30. The smallest absolute Gasteiger partial charge is 0.351 e. The van der Waals surface area contributed by atoms with Crippen molar-refractivity contribution in [3.05, 3.63) is 77.0 Å². The number of halogens is 3. The molecule has 3 rings (SSSR count). The van der Waals surface area contributed by atoms with Crippen molar-refractivity contribution >= 4 is 17.7 Å². The van der Waals surface area contributed by atoms with Crippen molar-refractivity contribution < 1.29 is 18.0 Å². The molecule has 1 N–H and O–H groups in total. The first-order chi connectivity index (χ1) is 14.2. The Morgan fingerprint density at radius 2 is 1.67 bits per heavy atom. The Labute approximate surface area is 177 Å². The molecule has 0 aliphatic rings. The van der Waals surface area contributed by atoms with Crippen molar-refractivity contribution in [2.45, 2.75) is 31.6 Å². The molecule has 0 saturated carbocycles. The summed E-state index contributed by atoms with van der Waals surface area (Å²) in [6.07, 6.45) is -4.39.